The molecule has 1 aromatic carbocycles. The molecular formula is C11H15N5O4. The van der Waals surface area contributed by atoms with Crippen LogP contribution in [-0.2, 0) is 0 Å². The van der Waals surface area contributed by atoms with Crippen molar-refractivity contribution in [3.05, 3.63) is 17.7 Å². The van der Waals surface area contributed by atoms with E-state index in [0.717, 1.165) is 0 Å². The zero-order valence-electron chi connectivity index (χ0n) is 11.0. The molecule has 0 aliphatic heterocycles. The normalized spacial score (nSPS) is 10.8. The first-order valence-corrected chi connectivity index (χ1v) is 5.32. The molecule has 0 fully saturated rings. The van der Waals surface area contributed by atoms with Crippen LogP contribution in [0, 0.1) is 0 Å². The van der Waals surface area contributed by atoms with Crippen LogP contribution in [0.4, 0.5) is 5.69 Å². The fourth-order valence-electron chi connectivity index (χ4n) is 1.41. The Morgan fingerprint density at radius 2 is 1.70 bits per heavy atom. The van der Waals surface area contributed by atoms with E-state index in [4.69, 9.17) is 31.8 Å². The summed E-state index contributed by atoms with van der Waals surface area (Å²) < 4.78 is 10.1. The van der Waals surface area contributed by atoms with Crippen molar-refractivity contribution in [1.29, 1.82) is 0 Å². The fraction of sp³-hybridized carbons (Fsp3) is 0.182. The van der Waals surface area contributed by atoms with Gasteiger partial charge in [0, 0.05) is 12.1 Å². The van der Waals surface area contributed by atoms with Crippen LogP contribution in [0.25, 0.3) is 0 Å². The van der Waals surface area contributed by atoms with Gasteiger partial charge < -0.3 is 31.8 Å². The van der Waals surface area contributed by atoms with Crippen LogP contribution in [0.1, 0.15) is 10.4 Å². The van der Waals surface area contributed by atoms with Gasteiger partial charge in [0.05, 0.1) is 25.5 Å². The van der Waals surface area contributed by atoms with Crippen molar-refractivity contribution in [2.75, 3.05) is 14.2 Å². The molecular weight excluding hydrogens is 266 g/mol. The Bertz CT molecular complexity index is 578. The van der Waals surface area contributed by atoms with E-state index in [1.807, 2.05) is 0 Å². The minimum absolute atomic E-state index is 0.0395. The molecule has 0 atom stereocenters. The SMILES string of the molecule is COc1cc(N=C(N)N=C(N)N)c(C(=O)O)cc1OC. The van der Waals surface area contributed by atoms with E-state index in [0.29, 0.717) is 5.75 Å². The van der Waals surface area contributed by atoms with Gasteiger partial charge in [0.1, 0.15) is 0 Å². The second-order valence-electron chi connectivity index (χ2n) is 3.54. The van der Waals surface area contributed by atoms with Crippen molar-refractivity contribution < 1.29 is 19.4 Å². The van der Waals surface area contributed by atoms with Crippen molar-refractivity contribution in [1.82, 2.24) is 0 Å². The van der Waals surface area contributed by atoms with E-state index in [1.165, 1.54) is 26.4 Å². The molecule has 0 saturated carbocycles. The van der Waals surface area contributed by atoms with E-state index in [2.05, 4.69) is 9.98 Å². The average Bonchev–Trinajstić information content (AvgIpc) is 2.36. The van der Waals surface area contributed by atoms with Crippen LogP contribution in [0.3, 0.4) is 0 Å². The smallest absolute Gasteiger partial charge is 0.338 e. The molecule has 0 radical (unpaired) electrons. The number of aromatic carboxylic acids is 1. The van der Waals surface area contributed by atoms with Crippen LogP contribution in [-0.4, -0.2) is 37.2 Å². The highest BCUT2D eigenvalue weighted by molar-refractivity contribution is 5.98. The van der Waals surface area contributed by atoms with Crippen LogP contribution < -0.4 is 26.7 Å². The van der Waals surface area contributed by atoms with Gasteiger partial charge in [-0.2, -0.15) is 4.99 Å². The Balaban J connectivity index is 3.44. The maximum Gasteiger partial charge on any atom is 0.338 e. The lowest BCUT2D eigenvalue weighted by atomic mass is 10.1. The second-order valence-corrected chi connectivity index (χ2v) is 3.54. The largest absolute Gasteiger partial charge is 0.493 e. The van der Waals surface area contributed by atoms with Gasteiger partial charge in [0.2, 0.25) is 5.96 Å². The average molecular weight is 281 g/mol. The number of benzene rings is 1. The van der Waals surface area contributed by atoms with Crippen LogP contribution in [0.15, 0.2) is 22.1 Å². The molecule has 0 spiro atoms. The zero-order chi connectivity index (χ0) is 15.3. The summed E-state index contributed by atoms with van der Waals surface area (Å²) >= 11 is 0. The van der Waals surface area contributed by atoms with E-state index < -0.39 is 5.97 Å². The maximum absolute atomic E-state index is 11.2. The molecule has 0 unspecified atom stereocenters. The quantitative estimate of drug-likeness (QED) is 0.432. The minimum atomic E-state index is -1.21. The molecule has 0 saturated heterocycles. The van der Waals surface area contributed by atoms with Crippen LogP contribution >= 0.6 is 0 Å². The Kier molecular flexibility index (Phi) is 4.73. The number of carboxylic acids is 1. The monoisotopic (exact) mass is 281 g/mol. The molecule has 0 aliphatic rings. The summed E-state index contributed by atoms with van der Waals surface area (Å²) in [6, 6.07) is 2.63. The van der Waals surface area contributed by atoms with Crippen molar-refractivity contribution >= 4 is 23.6 Å². The van der Waals surface area contributed by atoms with Crippen molar-refractivity contribution in [3.63, 3.8) is 0 Å². The van der Waals surface area contributed by atoms with Gasteiger partial charge in [-0.15, -0.1) is 0 Å². The Hall–Kier alpha value is -2.97. The number of aliphatic imine (C=N–C) groups is 2. The number of nitrogens with zero attached hydrogens (tertiary/aromatic N) is 2. The van der Waals surface area contributed by atoms with Crippen molar-refractivity contribution in [2.45, 2.75) is 0 Å². The molecule has 9 nitrogen and oxygen atoms in total. The Morgan fingerprint density at radius 3 is 2.15 bits per heavy atom. The summed E-state index contributed by atoms with van der Waals surface area (Å²) in [5.41, 5.74) is 15.7. The van der Waals surface area contributed by atoms with Crippen molar-refractivity contribution in [2.24, 2.45) is 27.2 Å². The predicted octanol–water partition coefficient (Wildman–Crippen LogP) is -0.378. The minimum Gasteiger partial charge on any atom is -0.493 e. The second kappa shape index (κ2) is 6.27. The molecule has 1 aromatic rings. The first-order valence-electron chi connectivity index (χ1n) is 5.32. The summed E-state index contributed by atoms with van der Waals surface area (Å²) in [4.78, 5) is 18.5. The molecule has 20 heavy (non-hydrogen) atoms. The predicted molar refractivity (Wildman–Crippen MR) is 73.6 cm³/mol. The van der Waals surface area contributed by atoms with E-state index in [9.17, 15) is 4.79 Å². The topological polar surface area (TPSA) is 159 Å². The highest BCUT2D eigenvalue weighted by Gasteiger charge is 2.16. The summed E-state index contributed by atoms with van der Waals surface area (Å²) in [6.45, 7) is 0. The van der Waals surface area contributed by atoms with E-state index >= 15 is 0 Å². The third kappa shape index (κ3) is 3.51. The van der Waals surface area contributed by atoms with Gasteiger partial charge in [-0.25, -0.2) is 9.79 Å². The number of carbonyl (C=O) groups is 1. The molecule has 0 aliphatic carbocycles. The van der Waals surface area contributed by atoms with Gasteiger partial charge in [-0.1, -0.05) is 0 Å². The maximum atomic E-state index is 11.2. The first kappa shape index (κ1) is 15.1. The zero-order valence-corrected chi connectivity index (χ0v) is 11.0. The van der Waals surface area contributed by atoms with Gasteiger partial charge >= 0.3 is 5.97 Å². The number of hydrogen-bond acceptors (Lipinski definition) is 4. The Labute approximate surface area is 114 Å². The lowest BCUT2D eigenvalue weighted by molar-refractivity contribution is 0.0697. The number of guanidine groups is 2. The molecule has 0 aromatic heterocycles. The lowest BCUT2D eigenvalue weighted by Crippen LogP contribution is -2.26. The van der Waals surface area contributed by atoms with E-state index in [-0.39, 0.29) is 28.9 Å². The number of nitrogens with two attached hydrogens (primary N) is 3. The molecule has 9 heteroatoms. The summed E-state index contributed by atoms with van der Waals surface area (Å²) in [7, 11) is 2.80. The molecule has 0 amide bonds. The summed E-state index contributed by atoms with van der Waals surface area (Å²) in [5, 5.41) is 9.15. The highest BCUT2D eigenvalue weighted by atomic mass is 16.5. The highest BCUT2D eigenvalue weighted by Crippen LogP contribution is 2.34. The van der Waals surface area contributed by atoms with Gasteiger partial charge in [-0.3, -0.25) is 0 Å². The number of ether oxygens (including phenoxy) is 2. The summed E-state index contributed by atoms with van der Waals surface area (Å²) in [6.07, 6.45) is 0. The van der Waals surface area contributed by atoms with Crippen LogP contribution in [0.2, 0.25) is 0 Å². The number of rotatable bonds is 4. The van der Waals surface area contributed by atoms with Gasteiger partial charge in [-0.05, 0) is 0 Å². The first-order chi connectivity index (χ1) is 9.38. The molecule has 7 N–H and O–H groups in total. The standard InChI is InChI=1S/C11H15N5O4/c1-19-7-3-5(9(17)18)6(4-8(7)20-2)15-11(14)16-10(12)13/h3-4H,1-2H3,(H,17,18)(H6,12,13,14,15,16). The molecule has 0 heterocycles. The molecule has 108 valence electrons. The van der Waals surface area contributed by atoms with Gasteiger partial charge in [0.15, 0.2) is 17.5 Å². The third-order valence-electron chi connectivity index (χ3n) is 2.21. The number of hydrogen-bond donors (Lipinski definition) is 4. The Morgan fingerprint density at radius 1 is 1.15 bits per heavy atom. The fourth-order valence-corrected chi connectivity index (χ4v) is 1.41. The van der Waals surface area contributed by atoms with Crippen LogP contribution in [0.5, 0.6) is 11.5 Å². The number of methoxy groups -OCH3 is 2. The third-order valence-corrected chi connectivity index (χ3v) is 2.21. The molecule has 0 bridgehead atoms. The lowest BCUT2D eigenvalue weighted by Gasteiger charge is -2.10. The molecule has 1 rings (SSSR count). The summed E-state index contributed by atoms with van der Waals surface area (Å²) in [5.74, 6) is -1.22. The van der Waals surface area contributed by atoms with Gasteiger partial charge in [0.25, 0.3) is 0 Å². The number of carboxylic acid groups (broad SMARTS) is 1. The van der Waals surface area contributed by atoms with E-state index in [1.54, 1.807) is 0 Å². The van der Waals surface area contributed by atoms with Crippen molar-refractivity contribution in [3.8, 4) is 11.5 Å².